The van der Waals surface area contributed by atoms with E-state index in [-0.39, 0.29) is 18.1 Å². The molecule has 1 aliphatic heterocycles. The summed E-state index contributed by atoms with van der Waals surface area (Å²) in [4.78, 5) is 14.1. The number of benzene rings is 1. The Labute approximate surface area is 117 Å². The van der Waals surface area contributed by atoms with Crippen LogP contribution in [0.1, 0.15) is 10.4 Å². The zero-order chi connectivity index (χ0) is 14.0. The first-order valence-corrected chi connectivity index (χ1v) is 6.34. The highest BCUT2D eigenvalue weighted by molar-refractivity contribution is 6.31. The van der Waals surface area contributed by atoms with Crippen molar-refractivity contribution in [2.75, 3.05) is 33.0 Å². The molecule has 1 fully saturated rings. The minimum absolute atomic E-state index is 0.109. The highest BCUT2D eigenvalue weighted by Crippen LogP contribution is 2.23. The monoisotopic (exact) mass is 284 g/mol. The van der Waals surface area contributed by atoms with Crippen molar-refractivity contribution in [3.63, 3.8) is 0 Å². The molecule has 1 heterocycles. The van der Waals surface area contributed by atoms with Crippen LogP contribution in [-0.4, -0.2) is 50.3 Å². The lowest BCUT2D eigenvalue weighted by Gasteiger charge is -2.17. The Morgan fingerprint density at radius 1 is 1.32 bits per heavy atom. The van der Waals surface area contributed by atoms with Gasteiger partial charge in [0, 0.05) is 38.0 Å². The SMILES string of the molecule is COC1CN(C(=O)c2ccc(Cl)cc2N)CC1OC. The third-order valence-electron chi connectivity index (χ3n) is 3.35. The van der Waals surface area contributed by atoms with Crippen LogP contribution in [-0.2, 0) is 9.47 Å². The normalized spacial score (nSPS) is 22.8. The van der Waals surface area contributed by atoms with E-state index in [0.717, 1.165) is 0 Å². The highest BCUT2D eigenvalue weighted by atomic mass is 35.5. The van der Waals surface area contributed by atoms with Gasteiger partial charge in [0.25, 0.3) is 5.91 Å². The number of nitrogens with zero attached hydrogens (tertiary/aromatic N) is 1. The van der Waals surface area contributed by atoms with Gasteiger partial charge >= 0.3 is 0 Å². The molecule has 6 heteroatoms. The first-order chi connectivity index (χ1) is 9.06. The number of halogens is 1. The number of rotatable bonds is 3. The van der Waals surface area contributed by atoms with E-state index >= 15 is 0 Å². The second-order valence-corrected chi connectivity index (χ2v) is 4.93. The van der Waals surface area contributed by atoms with Crippen molar-refractivity contribution < 1.29 is 14.3 Å². The van der Waals surface area contributed by atoms with Gasteiger partial charge < -0.3 is 20.1 Å². The zero-order valence-electron chi connectivity index (χ0n) is 10.9. The molecule has 19 heavy (non-hydrogen) atoms. The number of nitrogens with two attached hydrogens (primary N) is 1. The molecule has 0 radical (unpaired) electrons. The molecule has 1 saturated heterocycles. The molecule has 0 aromatic heterocycles. The first-order valence-electron chi connectivity index (χ1n) is 5.96. The number of hydrogen-bond acceptors (Lipinski definition) is 4. The molecule has 0 spiro atoms. The number of ether oxygens (including phenoxy) is 2. The molecule has 1 aromatic carbocycles. The van der Waals surface area contributed by atoms with Gasteiger partial charge in [-0.15, -0.1) is 0 Å². The number of hydrogen-bond donors (Lipinski definition) is 1. The summed E-state index contributed by atoms with van der Waals surface area (Å²) in [6.45, 7) is 0.992. The Morgan fingerprint density at radius 3 is 2.37 bits per heavy atom. The van der Waals surface area contributed by atoms with Crippen molar-refractivity contribution in [2.45, 2.75) is 12.2 Å². The summed E-state index contributed by atoms with van der Waals surface area (Å²) in [5, 5.41) is 0.514. The van der Waals surface area contributed by atoms with E-state index in [1.54, 1.807) is 37.3 Å². The Hall–Kier alpha value is -1.30. The Morgan fingerprint density at radius 2 is 1.89 bits per heavy atom. The van der Waals surface area contributed by atoms with Crippen molar-refractivity contribution in [3.05, 3.63) is 28.8 Å². The summed E-state index contributed by atoms with van der Waals surface area (Å²) < 4.78 is 10.6. The van der Waals surface area contributed by atoms with E-state index in [2.05, 4.69) is 0 Å². The van der Waals surface area contributed by atoms with E-state index in [9.17, 15) is 4.79 Å². The van der Waals surface area contributed by atoms with Gasteiger partial charge in [0.1, 0.15) is 12.2 Å². The Balaban J connectivity index is 2.17. The van der Waals surface area contributed by atoms with E-state index in [0.29, 0.717) is 29.4 Å². The van der Waals surface area contributed by atoms with Crippen LogP contribution in [0.5, 0.6) is 0 Å². The fourth-order valence-corrected chi connectivity index (χ4v) is 2.44. The van der Waals surface area contributed by atoms with Crippen molar-refractivity contribution in [3.8, 4) is 0 Å². The van der Waals surface area contributed by atoms with Crippen LogP contribution in [0.15, 0.2) is 18.2 Å². The quantitative estimate of drug-likeness (QED) is 0.853. The molecule has 104 valence electrons. The second-order valence-electron chi connectivity index (χ2n) is 4.49. The predicted molar refractivity (Wildman–Crippen MR) is 73.4 cm³/mol. The number of carbonyl (C=O) groups is 1. The van der Waals surface area contributed by atoms with Crippen LogP contribution >= 0.6 is 11.6 Å². The summed E-state index contributed by atoms with van der Waals surface area (Å²) in [6, 6.07) is 4.87. The maximum absolute atomic E-state index is 12.4. The molecule has 1 aliphatic rings. The second kappa shape index (κ2) is 5.77. The molecule has 0 saturated carbocycles. The number of anilines is 1. The summed E-state index contributed by atoms with van der Waals surface area (Å²) in [5.74, 6) is -0.129. The number of amides is 1. The van der Waals surface area contributed by atoms with Crippen LogP contribution < -0.4 is 5.73 Å². The molecule has 2 unspecified atom stereocenters. The van der Waals surface area contributed by atoms with E-state index in [1.807, 2.05) is 0 Å². The predicted octanol–water partition coefficient (Wildman–Crippen LogP) is 1.41. The van der Waals surface area contributed by atoms with Gasteiger partial charge in [-0.05, 0) is 18.2 Å². The minimum atomic E-state index is -0.129. The fourth-order valence-electron chi connectivity index (χ4n) is 2.26. The van der Waals surface area contributed by atoms with E-state index in [1.165, 1.54) is 0 Å². The zero-order valence-corrected chi connectivity index (χ0v) is 11.7. The van der Waals surface area contributed by atoms with Crippen molar-refractivity contribution in [1.29, 1.82) is 0 Å². The molecule has 2 N–H and O–H groups in total. The largest absolute Gasteiger partial charge is 0.398 e. The van der Waals surface area contributed by atoms with Crippen LogP contribution in [0.3, 0.4) is 0 Å². The molecule has 0 bridgehead atoms. The standard InChI is InChI=1S/C13H17ClN2O3/c1-18-11-6-16(7-12(11)19-2)13(17)9-4-3-8(14)5-10(9)15/h3-5,11-12H,6-7,15H2,1-2H3. The van der Waals surface area contributed by atoms with E-state index in [4.69, 9.17) is 26.8 Å². The molecule has 0 aliphatic carbocycles. The lowest BCUT2D eigenvalue weighted by Crippen LogP contribution is -2.30. The van der Waals surface area contributed by atoms with Crippen LogP contribution in [0.25, 0.3) is 0 Å². The van der Waals surface area contributed by atoms with Gasteiger partial charge in [-0.25, -0.2) is 0 Å². The Kier molecular flexibility index (Phi) is 4.29. The van der Waals surface area contributed by atoms with Gasteiger partial charge in [-0.2, -0.15) is 0 Å². The molecule has 1 amide bonds. The lowest BCUT2D eigenvalue weighted by atomic mass is 10.1. The minimum Gasteiger partial charge on any atom is -0.398 e. The van der Waals surface area contributed by atoms with Gasteiger partial charge in [0.2, 0.25) is 0 Å². The number of nitrogen functional groups attached to an aromatic ring is 1. The number of carbonyl (C=O) groups excluding carboxylic acids is 1. The molecular formula is C13H17ClN2O3. The van der Waals surface area contributed by atoms with Gasteiger partial charge in [0.15, 0.2) is 0 Å². The average Bonchev–Trinajstić information content (AvgIpc) is 2.81. The first kappa shape index (κ1) is 14.1. The van der Waals surface area contributed by atoms with Crippen molar-refractivity contribution in [1.82, 2.24) is 4.90 Å². The molecule has 1 aromatic rings. The van der Waals surface area contributed by atoms with Crippen molar-refractivity contribution >= 4 is 23.2 Å². The average molecular weight is 285 g/mol. The number of methoxy groups -OCH3 is 2. The van der Waals surface area contributed by atoms with Crippen LogP contribution in [0.2, 0.25) is 5.02 Å². The molecular weight excluding hydrogens is 268 g/mol. The molecule has 2 atom stereocenters. The third kappa shape index (κ3) is 2.83. The third-order valence-corrected chi connectivity index (χ3v) is 3.59. The molecule has 5 nitrogen and oxygen atoms in total. The van der Waals surface area contributed by atoms with Gasteiger partial charge in [0.05, 0.1) is 5.56 Å². The maximum atomic E-state index is 12.4. The summed E-state index contributed by atoms with van der Waals surface area (Å²) in [6.07, 6.45) is -0.218. The fraction of sp³-hybridized carbons (Fsp3) is 0.462. The van der Waals surface area contributed by atoms with Gasteiger partial charge in [-0.1, -0.05) is 11.6 Å². The number of likely N-dealkylation sites (tertiary alicyclic amines) is 1. The van der Waals surface area contributed by atoms with Crippen LogP contribution in [0, 0.1) is 0 Å². The summed E-state index contributed by atoms with van der Waals surface area (Å²) >= 11 is 5.83. The topological polar surface area (TPSA) is 64.8 Å². The Bertz CT molecular complexity index is 469. The lowest BCUT2D eigenvalue weighted by molar-refractivity contribution is -0.00461. The molecule has 2 rings (SSSR count). The van der Waals surface area contributed by atoms with Crippen LogP contribution in [0.4, 0.5) is 5.69 Å². The summed E-state index contributed by atoms with van der Waals surface area (Å²) in [7, 11) is 3.22. The van der Waals surface area contributed by atoms with E-state index < -0.39 is 0 Å². The highest BCUT2D eigenvalue weighted by Gasteiger charge is 2.36. The van der Waals surface area contributed by atoms with Crippen molar-refractivity contribution in [2.24, 2.45) is 0 Å². The smallest absolute Gasteiger partial charge is 0.256 e. The summed E-state index contributed by atoms with van der Waals surface area (Å²) in [5.41, 5.74) is 6.67. The van der Waals surface area contributed by atoms with Gasteiger partial charge in [-0.3, -0.25) is 4.79 Å². The maximum Gasteiger partial charge on any atom is 0.256 e.